The van der Waals surface area contributed by atoms with E-state index in [9.17, 15) is 4.79 Å². The van der Waals surface area contributed by atoms with Crippen molar-refractivity contribution in [3.63, 3.8) is 0 Å². The lowest BCUT2D eigenvalue weighted by Gasteiger charge is -2.13. The molecule has 0 aromatic heterocycles. The van der Waals surface area contributed by atoms with Gasteiger partial charge < -0.3 is 10.1 Å². The molecule has 0 aromatic rings. The highest BCUT2D eigenvalue weighted by molar-refractivity contribution is 5.75. The number of nitrogens with one attached hydrogen (secondary N) is 1. The molecule has 1 rings (SSSR count). The Bertz CT molecular complexity index is 164. The summed E-state index contributed by atoms with van der Waals surface area (Å²) < 4.78 is 5.18. The molecule has 3 nitrogen and oxygen atoms in total. The Morgan fingerprint density at radius 2 is 2.15 bits per heavy atom. The van der Waals surface area contributed by atoms with Crippen molar-refractivity contribution < 1.29 is 9.53 Å². The van der Waals surface area contributed by atoms with Gasteiger partial charge in [-0.1, -0.05) is 12.8 Å². The second-order valence-corrected chi connectivity index (χ2v) is 3.79. The first kappa shape index (κ1) is 10.5. The third-order valence-electron chi connectivity index (χ3n) is 2.72. The van der Waals surface area contributed by atoms with Crippen molar-refractivity contribution in [3.8, 4) is 0 Å². The summed E-state index contributed by atoms with van der Waals surface area (Å²) in [5, 5.41) is 2.87. The van der Waals surface area contributed by atoms with Gasteiger partial charge in [-0.2, -0.15) is 0 Å². The van der Waals surface area contributed by atoms with E-state index in [0.29, 0.717) is 12.5 Å². The molecular formula is C10H19NO2. The Morgan fingerprint density at radius 3 is 2.69 bits per heavy atom. The van der Waals surface area contributed by atoms with Crippen LogP contribution in [0.1, 0.15) is 32.6 Å². The Kier molecular flexibility index (Phi) is 4.22. The first-order valence-corrected chi connectivity index (χ1v) is 5.08. The van der Waals surface area contributed by atoms with Gasteiger partial charge in [0.2, 0.25) is 0 Å². The third-order valence-corrected chi connectivity index (χ3v) is 2.72. The molecule has 0 heterocycles. The minimum atomic E-state index is -0.179. The van der Waals surface area contributed by atoms with Crippen LogP contribution in [-0.2, 0) is 9.53 Å². The minimum absolute atomic E-state index is 0.130. The molecule has 1 saturated carbocycles. The van der Waals surface area contributed by atoms with Crippen LogP contribution in [0, 0.1) is 5.92 Å². The van der Waals surface area contributed by atoms with Crippen molar-refractivity contribution in [2.45, 2.75) is 38.6 Å². The smallest absolute Gasteiger partial charge is 0.322 e. The summed E-state index contributed by atoms with van der Waals surface area (Å²) in [6.07, 6.45) is 5.04. The van der Waals surface area contributed by atoms with Crippen molar-refractivity contribution in [1.29, 1.82) is 0 Å². The van der Waals surface area contributed by atoms with E-state index < -0.39 is 0 Å². The number of esters is 1. The molecule has 0 spiro atoms. The molecule has 0 radical (unpaired) electrons. The second-order valence-electron chi connectivity index (χ2n) is 3.79. The topological polar surface area (TPSA) is 38.3 Å². The quantitative estimate of drug-likeness (QED) is 0.671. The summed E-state index contributed by atoms with van der Waals surface area (Å²) in [6, 6.07) is -0.179. The molecule has 0 amide bonds. The zero-order valence-corrected chi connectivity index (χ0v) is 8.51. The molecule has 0 aliphatic heterocycles. The Hall–Kier alpha value is -0.570. The van der Waals surface area contributed by atoms with Crippen LogP contribution < -0.4 is 5.32 Å². The van der Waals surface area contributed by atoms with Crippen LogP contribution in [0.4, 0.5) is 0 Å². The monoisotopic (exact) mass is 185 g/mol. The summed E-state index contributed by atoms with van der Waals surface area (Å²) in [7, 11) is 1.77. The van der Waals surface area contributed by atoms with Crippen molar-refractivity contribution in [3.05, 3.63) is 0 Å². The van der Waals surface area contributed by atoms with E-state index in [0.717, 1.165) is 0 Å². The van der Waals surface area contributed by atoms with Gasteiger partial charge >= 0.3 is 5.97 Å². The van der Waals surface area contributed by atoms with Crippen LogP contribution in [0.25, 0.3) is 0 Å². The molecule has 3 heteroatoms. The highest BCUT2D eigenvalue weighted by atomic mass is 16.5. The average Bonchev–Trinajstić information content (AvgIpc) is 2.65. The van der Waals surface area contributed by atoms with Crippen LogP contribution in [-0.4, -0.2) is 25.7 Å². The zero-order valence-electron chi connectivity index (χ0n) is 8.51. The summed E-state index contributed by atoms with van der Waals surface area (Å²) in [6.45, 7) is 2.43. The van der Waals surface area contributed by atoms with Crippen LogP contribution in [0.15, 0.2) is 0 Å². The number of carbonyl (C=O) groups is 1. The van der Waals surface area contributed by atoms with Gasteiger partial charge in [0.15, 0.2) is 0 Å². The predicted molar refractivity (Wildman–Crippen MR) is 51.4 cm³/mol. The maximum Gasteiger partial charge on any atom is 0.322 e. The van der Waals surface area contributed by atoms with E-state index in [1.807, 2.05) is 6.92 Å². The zero-order chi connectivity index (χ0) is 9.68. The first-order chi connectivity index (χ1) is 6.24. The van der Waals surface area contributed by atoms with Gasteiger partial charge in [-0.3, -0.25) is 4.79 Å². The van der Waals surface area contributed by atoms with E-state index in [4.69, 9.17) is 4.74 Å². The van der Waals surface area contributed by atoms with E-state index in [1.54, 1.807) is 7.05 Å². The molecule has 1 aliphatic carbocycles. The first-order valence-electron chi connectivity index (χ1n) is 5.08. The van der Waals surface area contributed by atoms with E-state index >= 15 is 0 Å². The van der Waals surface area contributed by atoms with E-state index in [-0.39, 0.29) is 12.0 Å². The molecule has 0 aromatic carbocycles. The van der Waals surface area contributed by atoms with Crippen LogP contribution >= 0.6 is 0 Å². The van der Waals surface area contributed by atoms with Gasteiger partial charge in [-0.15, -0.1) is 0 Å². The summed E-state index contributed by atoms with van der Waals surface area (Å²) >= 11 is 0. The minimum Gasteiger partial charge on any atom is -0.464 e. The molecule has 1 fully saturated rings. The number of ether oxygens (including phenoxy) is 1. The second kappa shape index (κ2) is 5.22. The molecule has 13 heavy (non-hydrogen) atoms. The van der Waals surface area contributed by atoms with Gasteiger partial charge in [0, 0.05) is 0 Å². The number of likely N-dealkylation sites (N-methyl/N-ethyl adjacent to an activating group) is 1. The molecule has 0 bridgehead atoms. The van der Waals surface area contributed by atoms with Crippen molar-refractivity contribution in [2.24, 2.45) is 5.92 Å². The van der Waals surface area contributed by atoms with E-state index in [2.05, 4.69) is 5.32 Å². The lowest BCUT2D eigenvalue weighted by atomic mass is 10.1. The number of hydrogen-bond donors (Lipinski definition) is 1. The fraction of sp³-hybridized carbons (Fsp3) is 0.900. The molecule has 0 saturated heterocycles. The van der Waals surface area contributed by atoms with Crippen molar-refractivity contribution in [1.82, 2.24) is 5.32 Å². The average molecular weight is 185 g/mol. The maximum absolute atomic E-state index is 11.2. The van der Waals surface area contributed by atoms with Crippen LogP contribution in [0.3, 0.4) is 0 Å². The highest BCUT2D eigenvalue weighted by Gasteiger charge is 2.18. The maximum atomic E-state index is 11.2. The standard InChI is InChI=1S/C10H19NO2/c1-8(11-2)10(12)13-7-9-5-3-4-6-9/h8-9,11H,3-7H2,1-2H3. The molecule has 1 unspecified atom stereocenters. The molecule has 1 N–H and O–H groups in total. The highest BCUT2D eigenvalue weighted by Crippen LogP contribution is 2.24. The van der Waals surface area contributed by atoms with Gasteiger partial charge in [0.05, 0.1) is 6.61 Å². The van der Waals surface area contributed by atoms with Gasteiger partial charge in [-0.25, -0.2) is 0 Å². The molecule has 1 atom stereocenters. The number of carbonyl (C=O) groups excluding carboxylic acids is 1. The number of rotatable bonds is 4. The summed E-state index contributed by atoms with van der Waals surface area (Å²) in [5.74, 6) is 0.488. The van der Waals surface area contributed by atoms with Gasteiger partial charge in [0.25, 0.3) is 0 Å². The van der Waals surface area contributed by atoms with Crippen molar-refractivity contribution in [2.75, 3.05) is 13.7 Å². The SMILES string of the molecule is CNC(C)C(=O)OCC1CCCC1. The lowest BCUT2D eigenvalue weighted by molar-refractivity contribution is -0.146. The Balaban J connectivity index is 2.13. The Morgan fingerprint density at radius 1 is 1.54 bits per heavy atom. The van der Waals surface area contributed by atoms with Gasteiger partial charge in [-0.05, 0) is 32.7 Å². The Labute approximate surface area is 79.8 Å². The normalized spacial score (nSPS) is 20.2. The molecule has 76 valence electrons. The fourth-order valence-corrected chi connectivity index (χ4v) is 1.62. The van der Waals surface area contributed by atoms with Gasteiger partial charge in [0.1, 0.15) is 6.04 Å². The molecule has 1 aliphatic rings. The van der Waals surface area contributed by atoms with Crippen LogP contribution in [0.5, 0.6) is 0 Å². The third kappa shape index (κ3) is 3.35. The summed E-state index contributed by atoms with van der Waals surface area (Å²) in [4.78, 5) is 11.2. The van der Waals surface area contributed by atoms with Crippen LogP contribution in [0.2, 0.25) is 0 Å². The fourth-order valence-electron chi connectivity index (χ4n) is 1.62. The van der Waals surface area contributed by atoms with Crippen molar-refractivity contribution >= 4 is 5.97 Å². The number of hydrogen-bond acceptors (Lipinski definition) is 3. The predicted octanol–water partition coefficient (Wildman–Crippen LogP) is 1.33. The van der Waals surface area contributed by atoms with E-state index in [1.165, 1.54) is 25.7 Å². The molecular weight excluding hydrogens is 166 g/mol. The largest absolute Gasteiger partial charge is 0.464 e. The lowest BCUT2D eigenvalue weighted by Crippen LogP contribution is -2.33. The summed E-state index contributed by atoms with van der Waals surface area (Å²) in [5.41, 5.74) is 0.